The zero-order valence-electron chi connectivity index (χ0n) is 12.2. The Bertz CT molecular complexity index is 428. The van der Waals surface area contributed by atoms with Gasteiger partial charge in [-0.05, 0) is 12.8 Å². The summed E-state index contributed by atoms with van der Waals surface area (Å²) in [6, 6.07) is 0. The molecule has 0 fully saturated rings. The maximum atomic E-state index is 11.4. The average Bonchev–Trinajstić information content (AvgIpc) is 2.54. The van der Waals surface area contributed by atoms with Crippen molar-refractivity contribution in [2.45, 2.75) is 25.0 Å². The summed E-state index contributed by atoms with van der Waals surface area (Å²) in [4.78, 5) is 33.8. The van der Waals surface area contributed by atoms with E-state index in [0.29, 0.717) is 6.42 Å². The Kier molecular flexibility index (Phi) is 10.0. The van der Waals surface area contributed by atoms with E-state index in [9.17, 15) is 14.4 Å². The quantitative estimate of drug-likeness (QED) is 0.340. The van der Waals surface area contributed by atoms with Gasteiger partial charge in [0.2, 0.25) is 0 Å². The van der Waals surface area contributed by atoms with Crippen LogP contribution in [0.2, 0.25) is 0 Å². The normalized spacial score (nSPS) is 12.4. The number of hydrogen-bond donors (Lipinski definition) is 1. The Labute approximate surface area is 128 Å². The lowest BCUT2D eigenvalue weighted by molar-refractivity contribution is -0.169. The molecule has 0 radical (unpaired) electrons. The molecule has 22 heavy (non-hydrogen) atoms. The molecule has 0 saturated heterocycles. The Balaban J connectivity index is 5.02. The van der Waals surface area contributed by atoms with Crippen LogP contribution in [0, 0.1) is 0 Å². The molecule has 0 aromatic rings. The van der Waals surface area contributed by atoms with Gasteiger partial charge in [-0.1, -0.05) is 19.7 Å². The number of hydrogen-bond acceptors (Lipinski definition) is 7. The first-order valence-electron chi connectivity index (χ1n) is 6.54. The van der Waals surface area contributed by atoms with Crippen LogP contribution in [0.4, 0.5) is 0 Å². The maximum absolute atomic E-state index is 11.4. The molecule has 1 N–H and O–H groups in total. The molecule has 0 aliphatic carbocycles. The number of aliphatic hydroxyl groups excluding tert-OH is 1. The first kappa shape index (κ1) is 19.6. The molecule has 0 spiro atoms. The van der Waals surface area contributed by atoms with Crippen LogP contribution in [0.3, 0.4) is 0 Å². The SMILES string of the molecule is C=CC(=O)OCC(OC(=O)C=C)C(CCCO)OC(=O)C=C. The maximum Gasteiger partial charge on any atom is 0.330 e. The first-order chi connectivity index (χ1) is 10.5. The average molecular weight is 312 g/mol. The Morgan fingerprint density at radius 1 is 0.909 bits per heavy atom. The lowest BCUT2D eigenvalue weighted by Crippen LogP contribution is -2.39. The highest BCUT2D eigenvalue weighted by atomic mass is 16.6. The van der Waals surface area contributed by atoms with Gasteiger partial charge in [-0.2, -0.15) is 0 Å². The number of aliphatic hydroxyl groups is 1. The van der Waals surface area contributed by atoms with Crippen molar-refractivity contribution in [1.82, 2.24) is 0 Å². The molecule has 0 heterocycles. The van der Waals surface area contributed by atoms with Crippen molar-refractivity contribution in [3.8, 4) is 0 Å². The summed E-state index contributed by atoms with van der Waals surface area (Å²) in [5.41, 5.74) is 0. The fourth-order valence-corrected chi connectivity index (χ4v) is 1.45. The van der Waals surface area contributed by atoms with Crippen LogP contribution in [0.5, 0.6) is 0 Å². The van der Waals surface area contributed by atoms with Gasteiger partial charge in [-0.15, -0.1) is 0 Å². The van der Waals surface area contributed by atoms with E-state index in [1.165, 1.54) is 0 Å². The van der Waals surface area contributed by atoms with E-state index in [-0.39, 0.29) is 19.6 Å². The van der Waals surface area contributed by atoms with Gasteiger partial charge in [-0.25, -0.2) is 14.4 Å². The fourth-order valence-electron chi connectivity index (χ4n) is 1.45. The van der Waals surface area contributed by atoms with E-state index in [1.54, 1.807) is 0 Å². The molecule has 0 aromatic heterocycles. The van der Waals surface area contributed by atoms with Gasteiger partial charge in [0.25, 0.3) is 0 Å². The third-order valence-electron chi connectivity index (χ3n) is 2.49. The van der Waals surface area contributed by atoms with E-state index < -0.39 is 30.1 Å². The second kappa shape index (κ2) is 11.3. The third kappa shape index (κ3) is 8.01. The second-order valence-electron chi connectivity index (χ2n) is 4.06. The predicted molar refractivity (Wildman–Crippen MR) is 77.6 cm³/mol. The van der Waals surface area contributed by atoms with Gasteiger partial charge in [0.05, 0.1) is 0 Å². The molecular formula is C15H20O7. The minimum atomic E-state index is -1.04. The van der Waals surface area contributed by atoms with Crippen molar-refractivity contribution in [2.75, 3.05) is 13.2 Å². The first-order valence-corrected chi connectivity index (χ1v) is 6.54. The van der Waals surface area contributed by atoms with Crippen molar-refractivity contribution < 1.29 is 33.7 Å². The Morgan fingerprint density at radius 3 is 1.86 bits per heavy atom. The Hall–Kier alpha value is -2.41. The van der Waals surface area contributed by atoms with Crippen LogP contribution >= 0.6 is 0 Å². The molecule has 0 amide bonds. The number of ether oxygens (including phenoxy) is 3. The van der Waals surface area contributed by atoms with Crippen LogP contribution in [-0.2, 0) is 28.6 Å². The number of rotatable bonds is 11. The molecule has 0 aliphatic rings. The van der Waals surface area contributed by atoms with E-state index in [1.807, 2.05) is 0 Å². The number of carbonyl (C=O) groups is 3. The molecule has 0 aromatic carbocycles. The fraction of sp³-hybridized carbons (Fsp3) is 0.400. The van der Waals surface area contributed by atoms with E-state index >= 15 is 0 Å². The standard InChI is InChI=1S/C15H20O7/c1-4-13(17)20-10-12(22-15(19)6-3)11(8-7-9-16)21-14(18)5-2/h4-6,11-12,16H,1-3,7-10H2. The predicted octanol–water partition coefficient (Wildman–Crippen LogP) is 0.684. The minimum absolute atomic E-state index is 0.142. The van der Waals surface area contributed by atoms with Gasteiger partial charge in [0, 0.05) is 24.8 Å². The number of esters is 3. The van der Waals surface area contributed by atoms with E-state index in [0.717, 1.165) is 18.2 Å². The van der Waals surface area contributed by atoms with Crippen molar-refractivity contribution in [3.63, 3.8) is 0 Å². The van der Waals surface area contributed by atoms with Crippen LogP contribution in [0.25, 0.3) is 0 Å². The Morgan fingerprint density at radius 2 is 1.41 bits per heavy atom. The lowest BCUT2D eigenvalue weighted by atomic mass is 10.1. The van der Waals surface area contributed by atoms with Crippen LogP contribution in [0.1, 0.15) is 12.8 Å². The topological polar surface area (TPSA) is 99.1 Å². The van der Waals surface area contributed by atoms with Gasteiger partial charge >= 0.3 is 17.9 Å². The summed E-state index contributed by atoms with van der Waals surface area (Å²) in [7, 11) is 0. The molecule has 7 heteroatoms. The van der Waals surface area contributed by atoms with Crippen molar-refractivity contribution in [3.05, 3.63) is 38.0 Å². The summed E-state index contributed by atoms with van der Waals surface area (Å²) in [6.45, 7) is 9.30. The van der Waals surface area contributed by atoms with Gasteiger partial charge in [-0.3, -0.25) is 0 Å². The number of carbonyl (C=O) groups excluding carboxylic acids is 3. The minimum Gasteiger partial charge on any atom is -0.458 e. The largest absolute Gasteiger partial charge is 0.458 e. The van der Waals surface area contributed by atoms with Crippen molar-refractivity contribution in [2.24, 2.45) is 0 Å². The van der Waals surface area contributed by atoms with Crippen LogP contribution in [-0.4, -0.2) is 48.4 Å². The van der Waals surface area contributed by atoms with E-state index in [4.69, 9.17) is 19.3 Å². The zero-order chi connectivity index (χ0) is 17.0. The summed E-state index contributed by atoms with van der Waals surface area (Å²) >= 11 is 0. The van der Waals surface area contributed by atoms with Crippen LogP contribution < -0.4 is 0 Å². The van der Waals surface area contributed by atoms with Gasteiger partial charge in [0.15, 0.2) is 6.10 Å². The summed E-state index contributed by atoms with van der Waals surface area (Å²) in [5, 5.41) is 8.89. The summed E-state index contributed by atoms with van der Waals surface area (Å²) < 4.78 is 14.9. The highest BCUT2D eigenvalue weighted by Gasteiger charge is 2.28. The van der Waals surface area contributed by atoms with Gasteiger partial charge in [0.1, 0.15) is 12.7 Å². The second-order valence-corrected chi connectivity index (χ2v) is 4.06. The molecule has 0 bridgehead atoms. The molecule has 2 atom stereocenters. The van der Waals surface area contributed by atoms with Crippen LogP contribution in [0.15, 0.2) is 38.0 Å². The van der Waals surface area contributed by atoms with E-state index in [2.05, 4.69) is 19.7 Å². The third-order valence-corrected chi connectivity index (χ3v) is 2.49. The van der Waals surface area contributed by atoms with Gasteiger partial charge < -0.3 is 19.3 Å². The molecule has 0 aliphatic heterocycles. The highest BCUT2D eigenvalue weighted by molar-refractivity contribution is 5.82. The van der Waals surface area contributed by atoms with Crippen molar-refractivity contribution in [1.29, 1.82) is 0 Å². The molecule has 2 unspecified atom stereocenters. The molecular weight excluding hydrogens is 292 g/mol. The molecule has 7 nitrogen and oxygen atoms in total. The monoisotopic (exact) mass is 312 g/mol. The summed E-state index contributed by atoms with van der Waals surface area (Å²) in [6.07, 6.45) is 1.40. The molecule has 122 valence electrons. The highest BCUT2D eigenvalue weighted by Crippen LogP contribution is 2.13. The summed E-state index contributed by atoms with van der Waals surface area (Å²) in [5.74, 6) is -2.20. The lowest BCUT2D eigenvalue weighted by Gasteiger charge is -2.25. The smallest absolute Gasteiger partial charge is 0.330 e. The van der Waals surface area contributed by atoms with Crippen molar-refractivity contribution >= 4 is 17.9 Å². The molecule has 0 rings (SSSR count). The molecule has 0 saturated carbocycles. The zero-order valence-corrected chi connectivity index (χ0v) is 12.2.